The fraction of sp³-hybridized carbons (Fsp3) is 1.00. The molecule has 0 spiro atoms. The Morgan fingerprint density at radius 1 is 1.06 bits per heavy atom. The highest BCUT2D eigenvalue weighted by atomic mass is 16.5. The Balaban J connectivity index is 2.46. The van der Waals surface area contributed by atoms with Gasteiger partial charge in [-0.25, -0.2) is 0 Å². The van der Waals surface area contributed by atoms with E-state index in [-0.39, 0.29) is 0 Å². The maximum absolute atomic E-state index is 5.70. The third-order valence-corrected chi connectivity index (χ3v) is 4.02. The van der Waals surface area contributed by atoms with Crippen LogP contribution in [0.15, 0.2) is 0 Å². The van der Waals surface area contributed by atoms with Gasteiger partial charge in [-0.05, 0) is 41.9 Å². The predicted octanol–water partition coefficient (Wildman–Crippen LogP) is 4.37. The van der Waals surface area contributed by atoms with Gasteiger partial charge in [0.1, 0.15) is 0 Å². The van der Waals surface area contributed by atoms with Crippen molar-refractivity contribution in [3.63, 3.8) is 0 Å². The summed E-state index contributed by atoms with van der Waals surface area (Å²) in [6.45, 7) is 16.1. The molecule has 96 valence electrons. The van der Waals surface area contributed by atoms with Gasteiger partial charge in [0, 0.05) is 13.2 Å². The van der Waals surface area contributed by atoms with E-state index in [1.165, 1.54) is 12.8 Å². The van der Waals surface area contributed by atoms with E-state index < -0.39 is 0 Å². The highest BCUT2D eigenvalue weighted by molar-refractivity contribution is 4.81. The zero-order valence-corrected chi connectivity index (χ0v) is 12.0. The molecule has 1 nitrogen and oxygen atoms in total. The Hall–Kier alpha value is -0.0400. The van der Waals surface area contributed by atoms with Crippen LogP contribution in [-0.4, -0.2) is 13.2 Å². The molecule has 0 bridgehead atoms. The van der Waals surface area contributed by atoms with E-state index in [0.717, 1.165) is 36.9 Å². The SMILES string of the molecule is CC(C)C(C)C[C@@H]1COC[C@H]1CC(C)(C)C. The number of ether oxygens (including phenoxy) is 1. The molecule has 16 heavy (non-hydrogen) atoms. The lowest BCUT2D eigenvalue weighted by Gasteiger charge is -2.28. The summed E-state index contributed by atoms with van der Waals surface area (Å²) in [5.74, 6) is 3.22. The molecule has 0 aromatic rings. The molecule has 1 fully saturated rings. The van der Waals surface area contributed by atoms with Gasteiger partial charge in [-0.2, -0.15) is 0 Å². The van der Waals surface area contributed by atoms with Gasteiger partial charge in [0.25, 0.3) is 0 Å². The summed E-state index contributed by atoms with van der Waals surface area (Å²) < 4.78 is 5.70. The van der Waals surface area contributed by atoms with Crippen molar-refractivity contribution in [1.82, 2.24) is 0 Å². The van der Waals surface area contributed by atoms with E-state index in [1.54, 1.807) is 0 Å². The van der Waals surface area contributed by atoms with Gasteiger partial charge < -0.3 is 4.74 Å². The Kier molecular flexibility index (Phi) is 4.85. The average Bonchev–Trinajstić information content (AvgIpc) is 2.49. The van der Waals surface area contributed by atoms with Crippen LogP contribution >= 0.6 is 0 Å². The van der Waals surface area contributed by atoms with Crippen LogP contribution in [0.4, 0.5) is 0 Å². The minimum absolute atomic E-state index is 0.442. The van der Waals surface area contributed by atoms with E-state index in [9.17, 15) is 0 Å². The van der Waals surface area contributed by atoms with Crippen molar-refractivity contribution in [2.24, 2.45) is 29.1 Å². The Bertz CT molecular complexity index is 202. The van der Waals surface area contributed by atoms with Gasteiger partial charge in [-0.15, -0.1) is 0 Å². The van der Waals surface area contributed by atoms with Gasteiger partial charge in [-0.3, -0.25) is 0 Å². The van der Waals surface area contributed by atoms with E-state index >= 15 is 0 Å². The van der Waals surface area contributed by atoms with Crippen LogP contribution in [0.3, 0.4) is 0 Å². The van der Waals surface area contributed by atoms with Crippen LogP contribution < -0.4 is 0 Å². The first-order valence-corrected chi connectivity index (χ1v) is 6.87. The number of hydrogen-bond acceptors (Lipinski definition) is 1. The summed E-state index contributed by atoms with van der Waals surface area (Å²) in [5.41, 5.74) is 0.442. The average molecular weight is 226 g/mol. The number of rotatable bonds is 4. The molecule has 1 unspecified atom stereocenters. The second kappa shape index (κ2) is 5.53. The summed E-state index contributed by atoms with van der Waals surface area (Å²) in [5, 5.41) is 0. The van der Waals surface area contributed by atoms with E-state index in [0.29, 0.717) is 5.41 Å². The van der Waals surface area contributed by atoms with Gasteiger partial charge in [-0.1, -0.05) is 41.5 Å². The summed E-state index contributed by atoms with van der Waals surface area (Å²) in [4.78, 5) is 0. The smallest absolute Gasteiger partial charge is 0.0498 e. The molecule has 1 saturated heterocycles. The molecule has 1 aliphatic heterocycles. The van der Waals surface area contributed by atoms with Crippen molar-refractivity contribution >= 4 is 0 Å². The molecular formula is C15H30O. The fourth-order valence-corrected chi connectivity index (χ4v) is 2.67. The first kappa shape index (κ1) is 14.0. The van der Waals surface area contributed by atoms with Gasteiger partial charge in [0.05, 0.1) is 0 Å². The topological polar surface area (TPSA) is 9.23 Å². The molecule has 0 N–H and O–H groups in total. The van der Waals surface area contributed by atoms with E-state index in [1.807, 2.05) is 0 Å². The quantitative estimate of drug-likeness (QED) is 0.692. The molecule has 1 heterocycles. The largest absolute Gasteiger partial charge is 0.381 e. The first-order valence-electron chi connectivity index (χ1n) is 6.87. The maximum atomic E-state index is 5.70. The Labute approximate surface area is 102 Å². The molecule has 0 saturated carbocycles. The fourth-order valence-electron chi connectivity index (χ4n) is 2.67. The lowest BCUT2D eigenvalue weighted by molar-refractivity contribution is 0.171. The molecule has 0 radical (unpaired) electrons. The lowest BCUT2D eigenvalue weighted by atomic mass is 9.76. The van der Waals surface area contributed by atoms with Crippen LogP contribution in [0.25, 0.3) is 0 Å². The molecule has 0 aromatic heterocycles. The monoisotopic (exact) mass is 226 g/mol. The zero-order valence-electron chi connectivity index (χ0n) is 12.0. The van der Waals surface area contributed by atoms with Crippen LogP contribution in [0.2, 0.25) is 0 Å². The number of hydrogen-bond donors (Lipinski definition) is 0. The standard InChI is InChI=1S/C15H30O/c1-11(2)12(3)7-13-9-16-10-14(13)8-15(4,5)6/h11-14H,7-10H2,1-6H3/t12?,13-,14-/m1/s1. The third-order valence-electron chi connectivity index (χ3n) is 4.02. The Morgan fingerprint density at radius 2 is 1.62 bits per heavy atom. The molecule has 1 aliphatic rings. The zero-order chi connectivity index (χ0) is 12.3. The third kappa shape index (κ3) is 4.45. The molecule has 0 aromatic carbocycles. The maximum Gasteiger partial charge on any atom is 0.0498 e. The highest BCUT2D eigenvalue weighted by Gasteiger charge is 2.32. The second-order valence-corrected chi connectivity index (χ2v) is 7.28. The van der Waals surface area contributed by atoms with Crippen molar-refractivity contribution < 1.29 is 4.74 Å². The molecule has 1 heteroatoms. The second-order valence-electron chi connectivity index (χ2n) is 7.28. The minimum atomic E-state index is 0.442. The summed E-state index contributed by atoms with van der Waals surface area (Å²) in [6.07, 6.45) is 2.65. The molecule has 0 aliphatic carbocycles. The first-order chi connectivity index (χ1) is 7.29. The molecule has 1 rings (SSSR count). The molecule has 3 atom stereocenters. The summed E-state index contributed by atoms with van der Waals surface area (Å²) in [7, 11) is 0. The van der Waals surface area contributed by atoms with Crippen LogP contribution in [0, 0.1) is 29.1 Å². The van der Waals surface area contributed by atoms with Crippen molar-refractivity contribution in [2.75, 3.05) is 13.2 Å². The van der Waals surface area contributed by atoms with Crippen molar-refractivity contribution in [1.29, 1.82) is 0 Å². The van der Waals surface area contributed by atoms with Gasteiger partial charge >= 0.3 is 0 Å². The molecule has 0 amide bonds. The predicted molar refractivity (Wildman–Crippen MR) is 70.5 cm³/mol. The van der Waals surface area contributed by atoms with Crippen LogP contribution in [0.1, 0.15) is 54.4 Å². The van der Waals surface area contributed by atoms with Crippen molar-refractivity contribution in [2.45, 2.75) is 54.4 Å². The summed E-state index contributed by atoms with van der Waals surface area (Å²) >= 11 is 0. The normalized spacial score (nSPS) is 28.7. The van der Waals surface area contributed by atoms with Crippen LogP contribution in [0.5, 0.6) is 0 Å². The summed E-state index contributed by atoms with van der Waals surface area (Å²) in [6, 6.07) is 0. The van der Waals surface area contributed by atoms with E-state index in [2.05, 4.69) is 41.5 Å². The van der Waals surface area contributed by atoms with Crippen molar-refractivity contribution in [3.05, 3.63) is 0 Å². The Morgan fingerprint density at radius 3 is 2.12 bits per heavy atom. The van der Waals surface area contributed by atoms with Crippen LogP contribution in [-0.2, 0) is 4.74 Å². The molecular weight excluding hydrogens is 196 g/mol. The van der Waals surface area contributed by atoms with Gasteiger partial charge in [0.2, 0.25) is 0 Å². The highest BCUT2D eigenvalue weighted by Crippen LogP contribution is 2.36. The van der Waals surface area contributed by atoms with Gasteiger partial charge in [0.15, 0.2) is 0 Å². The lowest BCUT2D eigenvalue weighted by Crippen LogP contribution is -2.22. The van der Waals surface area contributed by atoms with Crippen molar-refractivity contribution in [3.8, 4) is 0 Å². The van der Waals surface area contributed by atoms with E-state index in [4.69, 9.17) is 4.74 Å². The minimum Gasteiger partial charge on any atom is -0.381 e.